The van der Waals surface area contributed by atoms with Gasteiger partial charge in [0.05, 0.1) is 0 Å². The largest absolute Gasteiger partial charge is 1.00 e. The Balaban J connectivity index is 0. The van der Waals surface area contributed by atoms with Crippen LogP contribution < -0.4 is 29.6 Å². The third-order valence-electron chi connectivity index (χ3n) is 4.98. The minimum absolute atomic E-state index is 0. The predicted octanol–water partition coefficient (Wildman–Crippen LogP) is 4.68. The van der Waals surface area contributed by atoms with Crippen LogP contribution >= 0.6 is 0 Å². The summed E-state index contributed by atoms with van der Waals surface area (Å²) in [6.07, 6.45) is -8.29. The molecule has 266 valence electrons. The summed E-state index contributed by atoms with van der Waals surface area (Å²) in [5.41, 5.74) is 0. The SMILES string of the molecule is O=S(=O)([O-])C(F)(F)C(F)(F)C(F)(F)C(F)(F)C(F)(F)C(F)(F)C(F)(F)C(F)(F)C(F)(F)C(F)(F)C(F)(F)C(F)(F)C(F)(F)F.[Na+]. The smallest absolute Gasteiger partial charge is 0.743 e. The van der Waals surface area contributed by atoms with Gasteiger partial charge in [0.25, 0.3) is 0 Å². The van der Waals surface area contributed by atoms with E-state index in [9.17, 15) is 132 Å². The fraction of sp³-hybridized carbons (Fsp3) is 1.00. The van der Waals surface area contributed by atoms with E-state index < -0.39 is 86.7 Å². The first-order valence-corrected chi connectivity index (χ1v) is 10.2. The molecule has 45 heavy (non-hydrogen) atoms. The van der Waals surface area contributed by atoms with Gasteiger partial charge in [0.1, 0.15) is 0 Å². The summed E-state index contributed by atoms with van der Waals surface area (Å²) in [6, 6.07) is 0. The zero-order valence-electron chi connectivity index (χ0n) is 19.3. The molecule has 0 fully saturated rings. The topological polar surface area (TPSA) is 57.2 Å². The summed E-state index contributed by atoms with van der Waals surface area (Å²) >= 11 is 0. The second kappa shape index (κ2) is 11.0. The molecular formula is C13F27NaO3S. The molecule has 0 spiro atoms. The Morgan fingerprint density at radius 1 is 0.289 bits per heavy atom. The standard InChI is InChI=1S/C13HF27O3S.Na/c14-1(15,2(16,17)4(20,21)6(24,25)8(28,29)10(32,33)12(36,37)38)3(18,19)5(22,23)7(26,27)9(30,31)11(34,35)13(39,40)44(41,42)43;/h(H,41,42,43);/q;+1/p-1. The molecule has 0 aliphatic carbocycles. The van der Waals surface area contributed by atoms with E-state index in [4.69, 9.17) is 0 Å². The number of alkyl halides is 27. The summed E-state index contributed by atoms with van der Waals surface area (Å²) in [6.45, 7) is 0. The molecule has 0 bridgehead atoms. The fourth-order valence-electron chi connectivity index (χ4n) is 2.29. The molecule has 0 atom stereocenters. The van der Waals surface area contributed by atoms with Crippen molar-refractivity contribution in [3.05, 3.63) is 0 Å². The molecular weight excluding hydrogens is 772 g/mol. The van der Waals surface area contributed by atoms with Crippen LogP contribution in [0.1, 0.15) is 0 Å². The van der Waals surface area contributed by atoms with Gasteiger partial charge in [0.2, 0.25) is 0 Å². The minimum atomic E-state index is -9.93. The Bertz CT molecular complexity index is 1200. The molecule has 0 amide bonds. The first kappa shape index (κ1) is 46.1. The summed E-state index contributed by atoms with van der Waals surface area (Å²) in [5, 5.41) is -8.39. The van der Waals surface area contributed by atoms with Gasteiger partial charge in [0, 0.05) is 0 Å². The van der Waals surface area contributed by atoms with Gasteiger partial charge in [-0.15, -0.1) is 0 Å². The van der Waals surface area contributed by atoms with Crippen LogP contribution in [0.4, 0.5) is 119 Å². The van der Waals surface area contributed by atoms with Crippen LogP contribution in [0.3, 0.4) is 0 Å². The maximum atomic E-state index is 13.6. The van der Waals surface area contributed by atoms with Crippen molar-refractivity contribution in [2.75, 3.05) is 0 Å². The van der Waals surface area contributed by atoms with Crippen LogP contribution in [0.15, 0.2) is 0 Å². The fourth-order valence-corrected chi connectivity index (χ4v) is 2.73. The third-order valence-corrected chi connectivity index (χ3v) is 5.86. The van der Waals surface area contributed by atoms with E-state index >= 15 is 0 Å². The monoisotopic (exact) mass is 772 g/mol. The second-order valence-electron chi connectivity index (χ2n) is 7.79. The molecule has 3 nitrogen and oxygen atoms in total. The number of hydrogen-bond donors (Lipinski definition) is 0. The van der Waals surface area contributed by atoms with Gasteiger partial charge in [-0.25, -0.2) is 8.42 Å². The van der Waals surface area contributed by atoms with E-state index in [1.54, 1.807) is 0 Å². The van der Waals surface area contributed by atoms with Gasteiger partial charge in [-0.05, 0) is 0 Å². The summed E-state index contributed by atoms with van der Waals surface area (Å²) in [7, 11) is -8.55. The molecule has 0 unspecified atom stereocenters. The molecule has 0 aromatic carbocycles. The van der Waals surface area contributed by atoms with E-state index in [0.717, 1.165) is 0 Å². The van der Waals surface area contributed by atoms with Crippen LogP contribution in [0.25, 0.3) is 0 Å². The maximum Gasteiger partial charge on any atom is 1.00 e. The minimum Gasteiger partial charge on any atom is -0.743 e. The van der Waals surface area contributed by atoms with Crippen molar-refractivity contribution in [2.24, 2.45) is 0 Å². The molecule has 0 heterocycles. The molecule has 0 radical (unpaired) electrons. The number of hydrogen-bond acceptors (Lipinski definition) is 3. The number of rotatable bonds is 12. The van der Waals surface area contributed by atoms with Crippen LogP contribution in [0, 0.1) is 0 Å². The first-order valence-electron chi connectivity index (χ1n) is 8.81. The van der Waals surface area contributed by atoms with Gasteiger partial charge in [0.15, 0.2) is 10.1 Å². The Morgan fingerprint density at radius 2 is 0.422 bits per heavy atom. The Labute approximate surface area is 248 Å². The van der Waals surface area contributed by atoms with E-state index in [1.807, 2.05) is 0 Å². The summed E-state index contributed by atoms with van der Waals surface area (Å²) in [5.74, 6) is -105. The molecule has 0 aliphatic heterocycles. The molecule has 0 aromatic heterocycles. The molecule has 0 saturated carbocycles. The van der Waals surface area contributed by atoms with Crippen molar-refractivity contribution in [3.8, 4) is 0 Å². The molecule has 32 heteroatoms. The van der Waals surface area contributed by atoms with Gasteiger partial charge in [-0.2, -0.15) is 119 Å². The summed E-state index contributed by atoms with van der Waals surface area (Å²) < 4.78 is 384. The predicted molar refractivity (Wildman–Crippen MR) is 75.1 cm³/mol. The van der Waals surface area contributed by atoms with E-state index in [2.05, 4.69) is 0 Å². The van der Waals surface area contributed by atoms with Crippen molar-refractivity contribution < 1.29 is 161 Å². The third kappa shape index (κ3) is 5.38. The second-order valence-corrected chi connectivity index (χ2v) is 9.21. The Morgan fingerprint density at radius 3 is 0.556 bits per heavy atom. The Hall–Kier alpha value is -0.980. The van der Waals surface area contributed by atoms with Crippen molar-refractivity contribution in [1.29, 1.82) is 0 Å². The number of halogens is 27. The van der Waals surface area contributed by atoms with Crippen LogP contribution in [0.5, 0.6) is 0 Å². The first-order chi connectivity index (χ1) is 18.2. The van der Waals surface area contributed by atoms with E-state index in [-0.39, 0.29) is 29.6 Å². The summed E-state index contributed by atoms with van der Waals surface area (Å²) in [4.78, 5) is 0. The van der Waals surface area contributed by atoms with Gasteiger partial charge >= 0.3 is 106 Å². The zero-order valence-corrected chi connectivity index (χ0v) is 22.2. The van der Waals surface area contributed by atoms with Gasteiger partial charge < -0.3 is 4.55 Å². The normalized spacial score (nSPS) is 16.9. The van der Waals surface area contributed by atoms with Gasteiger partial charge in [-0.1, -0.05) is 0 Å². The van der Waals surface area contributed by atoms with Gasteiger partial charge in [-0.3, -0.25) is 0 Å². The average molecular weight is 772 g/mol. The van der Waals surface area contributed by atoms with Crippen LogP contribution in [-0.2, 0) is 10.1 Å². The molecule has 0 N–H and O–H groups in total. The van der Waals surface area contributed by atoms with Crippen LogP contribution in [0.2, 0.25) is 0 Å². The van der Waals surface area contributed by atoms with Crippen molar-refractivity contribution >= 4 is 10.1 Å². The van der Waals surface area contributed by atoms with E-state index in [1.165, 1.54) is 0 Å². The zero-order chi connectivity index (χ0) is 37.0. The molecule has 0 aliphatic rings. The quantitative estimate of drug-likeness (QED) is 0.165. The van der Waals surface area contributed by atoms with Crippen LogP contribution in [-0.4, -0.2) is 89.5 Å². The molecule has 0 aromatic rings. The maximum absolute atomic E-state index is 13.6. The average Bonchev–Trinajstić information content (AvgIpc) is 2.75. The van der Waals surface area contributed by atoms with Crippen molar-refractivity contribution in [2.45, 2.75) is 76.6 Å². The van der Waals surface area contributed by atoms with Crippen molar-refractivity contribution in [3.63, 3.8) is 0 Å². The Kier molecular flexibility index (Phi) is 11.3. The van der Waals surface area contributed by atoms with E-state index in [0.29, 0.717) is 0 Å². The molecule has 0 saturated heterocycles. The van der Waals surface area contributed by atoms with Crippen molar-refractivity contribution in [1.82, 2.24) is 0 Å². The molecule has 0 rings (SSSR count).